The van der Waals surface area contributed by atoms with Crippen molar-refractivity contribution in [3.05, 3.63) is 39.4 Å². The highest BCUT2D eigenvalue weighted by atomic mass is 16.6. The number of aryl methyl sites for hydroxylation is 1. The molecule has 0 fully saturated rings. The number of hydrogen-bond acceptors (Lipinski definition) is 4. The van der Waals surface area contributed by atoms with Crippen LogP contribution < -0.4 is 5.32 Å². The van der Waals surface area contributed by atoms with Gasteiger partial charge in [-0.1, -0.05) is 6.07 Å². The number of nitrogens with zero attached hydrogens (tertiary/aromatic N) is 1. The quantitative estimate of drug-likeness (QED) is 0.578. The number of fused-ring (bicyclic) bond motifs is 1. The number of non-ortho nitro benzene ring substituents is 1. The van der Waals surface area contributed by atoms with Crippen molar-refractivity contribution in [1.29, 1.82) is 0 Å². The molecule has 1 aromatic rings. The zero-order valence-electron chi connectivity index (χ0n) is 8.85. The molecule has 0 amide bonds. The first-order valence-electron chi connectivity index (χ1n) is 5.31. The van der Waals surface area contributed by atoms with E-state index in [-0.39, 0.29) is 23.3 Å². The molecule has 5 heteroatoms. The first kappa shape index (κ1) is 11.0. The Morgan fingerprint density at radius 1 is 1.50 bits per heavy atom. The van der Waals surface area contributed by atoms with Crippen molar-refractivity contribution >= 4 is 5.69 Å². The third-order valence-corrected chi connectivity index (χ3v) is 2.96. The number of aliphatic hydroxyl groups is 1. The molecule has 86 valence electrons. The highest BCUT2D eigenvalue weighted by molar-refractivity contribution is 5.40. The van der Waals surface area contributed by atoms with Crippen molar-refractivity contribution in [3.8, 4) is 0 Å². The minimum absolute atomic E-state index is 0.0893. The molecule has 0 bridgehead atoms. The van der Waals surface area contributed by atoms with Crippen molar-refractivity contribution in [3.63, 3.8) is 0 Å². The zero-order chi connectivity index (χ0) is 11.5. The lowest BCUT2D eigenvalue weighted by Crippen LogP contribution is -2.30. The lowest BCUT2D eigenvalue weighted by molar-refractivity contribution is -0.384. The Morgan fingerprint density at radius 3 is 3.00 bits per heavy atom. The van der Waals surface area contributed by atoms with E-state index < -0.39 is 0 Å². The summed E-state index contributed by atoms with van der Waals surface area (Å²) in [5.41, 5.74) is 2.22. The van der Waals surface area contributed by atoms with E-state index in [2.05, 4.69) is 5.32 Å². The first-order valence-corrected chi connectivity index (χ1v) is 5.31. The van der Waals surface area contributed by atoms with Crippen LogP contribution in [0.5, 0.6) is 0 Å². The zero-order valence-corrected chi connectivity index (χ0v) is 8.85. The smallest absolute Gasteiger partial charge is 0.269 e. The van der Waals surface area contributed by atoms with Crippen LogP contribution in [0.25, 0.3) is 0 Å². The van der Waals surface area contributed by atoms with Crippen LogP contribution in [0.3, 0.4) is 0 Å². The number of benzene rings is 1. The van der Waals surface area contributed by atoms with E-state index in [0.717, 1.165) is 24.0 Å². The van der Waals surface area contributed by atoms with E-state index in [1.165, 1.54) is 6.07 Å². The summed E-state index contributed by atoms with van der Waals surface area (Å²) >= 11 is 0. The van der Waals surface area contributed by atoms with Crippen LogP contribution in [-0.4, -0.2) is 22.7 Å². The van der Waals surface area contributed by atoms with Crippen molar-refractivity contribution in [2.45, 2.75) is 25.4 Å². The predicted octanol–water partition coefficient (Wildman–Crippen LogP) is 0.992. The summed E-state index contributed by atoms with van der Waals surface area (Å²) in [4.78, 5) is 10.3. The Kier molecular flexibility index (Phi) is 3.17. The third kappa shape index (κ3) is 2.20. The molecule has 2 rings (SSSR count). The Balaban J connectivity index is 2.25. The van der Waals surface area contributed by atoms with Gasteiger partial charge in [-0.2, -0.15) is 0 Å². The summed E-state index contributed by atoms with van der Waals surface area (Å²) in [6, 6.07) is 5.06. The highest BCUT2D eigenvalue weighted by Crippen LogP contribution is 2.21. The standard InChI is InChI=1S/C11H14N2O3/c14-7-10-3-1-8-2-4-11(13(15)16)5-9(8)6-12-10/h2,4-5,10,12,14H,1,3,6-7H2. The topological polar surface area (TPSA) is 75.4 Å². The number of hydrogen-bond donors (Lipinski definition) is 2. The summed E-state index contributed by atoms with van der Waals surface area (Å²) in [5.74, 6) is 0. The summed E-state index contributed by atoms with van der Waals surface area (Å²) in [7, 11) is 0. The fraction of sp³-hybridized carbons (Fsp3) is 0.455. The normalized spacial score (nSPS) is 19.9. The molecule has 0 spiro atoms. The molecule has 2 N–H and O–H groups in total. The molecule has 1 aliphatic rings. The highest BCUT2D eigenvalue weighted by Gasteiger charge is 2.17. The average molecular weight is 222 g/mol. The molecule has 1 aromatic carbocycles. The Bertz CT molecular complexity index is 406. The maximum atomic E-state index is 10.6. The van der Waals surface area contributed by atoms with Gasteiger partial charge in [0, 0.05) is 24.7 Å². The molecule has 0 aromatic heterocycles. The molecule has 16 heavy (non-hydrogen) atoms. The average Bonchev–Trinajstić information content (AvgIpc) is 2.50. The molecule has 5 nitrogen and oxygen atoms in total. The summed E-state index contributed by atoms with van der Waals surface area (Å²) in [5, 5.41) is 22.9. The van der Waals surface area contributed by atoms with Gasteiger partial charge in [0.05, 0.1) is 11.5 Å². The molecular weight excluding hydrogens is 208 g/mol. The van der Waals surface area contributed by atoms with E-state index in [9.17, 15) is 10.1 Å². The van der Waals surface area contributed by atoms with Crippen LogP contribution in [0, 0.1) is 10.1 Å². The second-order valence-corrected chi connectivity index (χ2v) is 4.01. The van der Waals surface area contributed by atoms with E-state index in [4.69, 9.17) is 5.11 Å². The fourth-order valence-corrected chi connectivity index (χ4v) is 1.98. The number of nitro benzene ring substituents is 1. The maximum absolute atomic E-state index is 10.6. The fourth-order valence-electron chi connectivity index (χ4n) is 1.98. The van der Waals surface area contributed by atoms with Gasteiger partial charge >= 0.3 is 0 Å². The monoisotopic (exact) mass is 222 g/mol. The molecule has 1 aliphatic heterocycles. The number of nitrogens with one attached hydrogen (secondary N) is 1. The van der Waals surface area contributed by atoms with Crippen LogP contribution in [0.4, 0.5) is 5.69 Å². The Labute approximate surface area is 93.2 Å². The second kappa shape index (κ2) is 4.59. The van der Waals surface area contributed by atoms with Crippen LogP contribution in [0.2, 0.25) is 0 Å². The van der Waals surface area contributed by atoms with Gasteiger partial charge in [0.2, 0.25) is 0 Å². The Hall–Kier alpha value is -1.46. The molecule has 0 saturated carbocycles. The third-order valence-electron chi connectivity index (χ3n) is 2.96. The van der Waals surface area contributed by atoms with Gasteiger partial charge in [0.1, 0.15) is 0 Å². The second-order valence-electron chi connectivity index (χ2n) is 4.01. The summed E-state index contributed by atoms with van der Waals surface area (Å²) in [6.07, 6.45) is 1.72. The van der Waals surface area contributed by atoms with Crippen molar-refractivity contribution in [1.82, 2.24) is 5.32 Å². The van der Waals surface area contributed by atoms with E-state index in [1.54, 1.807) is 6.07 Å². The lowest BCUT2D eigenvalue weighted by Gasteiger charge is -2.10. The number of rotatable bonds is 2. The first-order chi connectivity index (χ1) is 7.70. The van der Waals surface area contributed by atoms with E-state index in [1.807, 2.05) is 6.07 Å². The molecule has 1 heterocycles. The molecular formula is C11H14N2O3. The van der Waals surface area contributed by atoms with Crippen molar-refractivity contribution < 1.29 is 10.0 Å². The summed E-state index contributed by atoms with van der Waals surface area (Å²) in [6.45, 7) is 0.693. The van der Waals surface area contributed by atoms with Crippen molar-refractivity contribution in [2.75, 3.05) is 6.61 Å². The maximum Gasteiger partial charge on any atom is 0.269 e. The van der Waals surface area contributed by atoms with Gasteiger partial charge in [0.15, 0.2) is 0 Å². The van der Waals surface area contributed by atoms with Crippen LogP contribution in [0.15, 0.2) is 18.2 Å². The molecule has 0 aliphatic carbocycles. The van der Waals surface area contributed by atoms with Crippen LogP contribution in [-0.2, 0) is 13.0 Å². The number of aliphatic hydroxyl groups excluding tert-OH is 1. The predicted molar refractivity (Wildman–Crippen MR) is 59.1 cm³/mol. The van der Waals surface area contributed by atoms with E-state index >= 15 is 0 Å². The van der Waals surface area contributed by atoms with Gasteiger partial charge in [-0.3, -0.25) is 10.1 Å². The molecule has 1 unspecified atom stereocenters. The van der Waals surface area contributed by atoms with Crippen molar-refractivity contribution in [2.24, 2.45) is 0 Å². The largest absolute Gasteiger partial charge is 0.395 e. The van der Waals surface area contributed by atoms with Gasteiger partial charge in [0.25, 0.3) is 5.69 Å². The minimum atomic E-state index is -0.380. The number of nitro groups is 1. The molecule has 1 atom stereocenters. The molecule has 0 radical (unpaired) electrons. The lowest BCUT2D eigenvalue weighted by atomic mass is 10.0. The molecule has 0 saturated heterocycles. The SMILES string of the molecule is O=[N+]([O-])c1ccc2c(c1)CNC(CO)CC2. The van der Waals surface area contributed by atoms with Crippen LogP contribution >= 0.6 is 0 Å². The minimum Gasteiger partial charge on any atom is -0.395 e. The Morgan fingerprint density at radius 2 is 2.31 bits per heavy atom. The van der Waals surface area contributed by atoms with Gasteiger partial charge in [-0.05, 0) is 24.0 Å². The van der Waals surface area contributed by atoms with Gasteiger partial charge in [-0.15, -0.1) is 0 Å². The summed E-state index contributed by atoms with van der Waals surface area (Å²) < 4.78 is 0. The van der Waals surface area contributed by atoms with E-state index in [0.29, 0.717) is 6.54 Å². The van der Waals surface area contributed by atoms with Gasteiger partial charge in [-0.25, -0.2) is 0 Å². The van der Waals surface area contributed by atoms with Crippen LogP contribution in [0.1, 0.15) is 17.5 Å². The van der Waals surface area contributed by atoms with Gasteiger partial charge < -0.3 is 10.4 Å².